The van der Waals surface area contributed by atoms with Crippen LogP contribution in [0.5, 0.6) is 0 Å². The summed E-state index contributed by atoms with van der Waals surface area (Å²) < 4.78 is 1.31. The Bertz CT molecular complexity index is 2220. The van der Waals surface area contributed by atoms with Gasteiger partial charge in [0.15, 0.2) is 0 Å². The van der Waals surface area contributed by atoms with Gasteiger partial charge in [0, 0.05) is 0 Å². The van der Waals surface area contributed by atoms with Crippen LogP contribution >= 0.6 is 23.2 Å². The Morgan fingerprint density at radius 3 is 1.46 bits per heavy atom. The maximum absolute atomic E-state index is 5.86. The maximum atomic E-state index is 5.86. The molecule has 0 N–H and O–H groups in total. The average Bonchev–Trinajstić information content (AvgIpc) is 3.83. The Morgan fingerprint density at radius 2 is 1.07 bits per heavy atom. The predicted octanol–water partition coefficient (Wildman–Crippen LogP) is 9.30. The minimum Gasteiger partial charge on any atom is -1.00 e. The third-order valence-electron chi connectivity index (χ3n) is 9.75. The minimum atomic E-state index is 0. The summed E-state index contributed by atoms with van der Waals surface area (Å²) in [5.41, 5.74) is 9.25. The van der Waals surface area contributed by atoms with E-state index >= 15 is 0 Å². The zero-order valence-electron chi connectivity index (χ0n) is 32.3. The molecule has 0 nitrogen and oxygen atoms in total. The predicted molar refractivity (Wildman–Crippen MR) is 232 cm³/mol. The van der Waals surface area contributed by atoms with E-state index in [4.69, 9.17) is 23.2 Å². The van der Waals surface area contributed by atoms with Crippen molar-refractivity contribution in [3.8, 4) is 22.3 Å². The molecular formula is C51H46Cl4Zr-2. The van der Waals surface area contributed by atoms with Crippen molar-refractivity contribution in [1.29, 1.82) is 0 Å². The third kappa shape index (κ3) is 12.1. The van der Waals surface area contributed by atoms with Crippen molar-refractivity contribution >= 4 is 48.0 Å². The van der Waals surface area contributed by atoms with Gasteiger partial charge in [-0.15, -0.1) is 39.7 Å². The number of unbranched alkanes of at least 4 members (excludes halogenated alkanes) is 1. The third-order valence-corrected chi connectivity index (χ3v) is 11.7. The van der Waals surface area contributed by atoms with Crippen molar-refractivity contribution in [3.63, 3.8) is 0 Å². The van der Waals surface area contributed by atoms with E-state index in [1.54, 1.807) is 0 Å². The molecule has 0 aromatic heterocycles. The summed E-state index contributed by atoms with van der Waals surface area (Å²) in [6.45, 7) is 9.03. The Hall–Kier alpha value is -3.42. The second kappa shape index (κ2) is 21.4. The quantitative estimate of drug-likeness (QED) is 0.140. The second-order valence-corrected chi connectivity index (χ2v) is 16.9. The van der Waals surface area contributed by atoms with Gasteiger partial charge in [0.05, 0.1) is 0 Å². The monoisotopic (exact) mass is 888 g/mol. The number of hydrogen-bond donors (Lipinski definition) is 0. The van der Waals surface area contributed by atoms with Crippen LogP contribution in [-0.2, 0) is 24.2 Å². The molecule has 1 aliphatic carbocycles. The van der Waals surface area contributed by atoms with Crippen LogP contribution in [-0.4, -0.2) is 3.21 Å². The molecule has 1 aliphatic rings. The van der Waals surface area contributed by atoms with Gasteiger partial charge in [-0.25, -0.2) is 6.08 Å². The van der Waals surface area contributed by atoms with Gasteiger partial charge in [-0.2, -0.15) is 11.6 Å². The van der Waals surface area contributed by atoms with E-state index in [0.717, 1.165) is 10.0 Å². The molecule has 0 fully saturated rings. The van der Waals surface area contributed by atoms with Crippen molar-refractivity contribution < 1.29 is 49.0 Å². The average molecular weight is 892 g/mol. The summed E-state index contributed by atoms with van der Waals surface area (Å²) in [4.78, 5) is 0. The standard InChI is InChI=1S/C25H17.C13H8Cl2.C13H21.2ClH.Zr/c1-3-7-18(8-4-1)20-11-13-24-22(15-20)17-23-16-21(12-14-25(23)24)19-9-5-2-6-10-19;14-12-5-1-10(2-6-12)9-11-3-7-13(15)8-4-11;1-5-6-7-11-8-9-12(10-11)13(2,3)4;;;/h1-17H;1-8H;9-11H,5-7H2,1-4H3;2*1H;/q-1;;-1;;;+2/p-2. The molecule has 0 aliphatic heterocycles. The molecule has 56 heavy (non-hydrogen) atoms. The van der Waals surface area contributed by atoms with Crippen LogP contribution in [0.1, 0.15) is 58.1 Å². The molecule has 1 unspecified atom stereocenters. The molecule has 7 aromatic rings. The van der Waals surface area contributed by atoms with Gasteiger partial charge in [0.2, 0.25) is 0 Å². The van der Waals surface area contributed by atoms with E-state index in [-0.39, 0.29) is 24.8 Å². The van der Waals surface area contributed by atoms with E-state index in [1.807, 2.05) is 48.5 Å². The smallest absolute Gasteiger partial charge is 0.0259 e. The SMILES string of the molecule is CCCCC1[C-]=CC(C(C)(C)C)=C1.Clc1ccc([C](=[Zr+2])c2ccc(Cl)cc2)cc1.[Cl-].[Cl-].c1ccc(-c2ccc3c(c2)[cH-]c2cc(-c4ccccc4)ccc23)cc1. The molecule has 0 saturated carbocycles. The number of benzene rings is 6. The van der Waals surface area contributed by atoms with Gasteiger partial charge >= 0.3 is 120 Å². The van der Waals surface area contributed by atoms with Crippen molar-refractivity contribution in [3.05, 3.63) is 197 Å². The Kier molecular flexibility index (Phi) is 17.3. The van der Waals surface area contributed by atoms with E-state index in [9.17, 15) is 0 Å². The van der Waals surface area contributed by atoms with Gasteiger partial charge < -0.3 is 24.8 Å². The first-order valence-corrected chi connectivity index (χ1v) is 20.7. The van der Waals surface area contributed by atoms with Crippen LogP contribution in [0.3, 0.4) is 0 Å². The first-order valence-electron chi connectivity index (χ1n) is 18.7. The summed E-state index contributed by atoms with van der Waals surface area (Å²) in [6, 6.07) is 52.8. The molecule has 0 amide bonds. The fraction of sp³-hybridized carbons (Fsp3) is 0.176. The van der Waals surface area contributed by atoms with E-state index in [2.05, 4.69) is 149 Å². The second-order valence-electron chi connectivity index (χ2n) is 14.8. The van der Waals surface area contributed by atoms with Crippen molar-refractivity contribution in [1.82, 2.24) is 0 Å². The summed E-state index contributed by atoms with van der Waals surface area (Å²) in [6.07, 6.45) is 11.9. The van der Waals surface area contributed by atoms with Crippen LogP contribution in [0.2, 0.25) is 10.0 Å². The van der Waals surface area contributed by atoms with Gasteiger partial charge in [-0.3, -0.25) is 6.08 Å². The van der Waals surface area contributed by atoms with E-state index < -0.39 is 0 Å². The van der Waals surface area contributed by atoms with Crippen molar-refractivity contribution in [2.75, 3.05) is 0 Å². The van der Waals surface area contributed by atoms with Crippen LogP contribution < -0.4 is 24.8 Å². The molecule has 284 valence electrons. The molecule has 0 heterocycles. The van der Waals surface area contributed by atoms with E-state index in [0.29, 0.717) is 11.3 Å². The molecular weight excluding hydrogens is 846 g/mol. The van der Waals surface area contributed by atoms with Crippen LogP contribution in [0.4, 0.5) is 0 Å². The van der Waals surface area contributed by atoms with E-state index in [1.165, 1.54) is 107 Å². The summed E-state index contributed by atoms with van der Waals surface area (Å²) in [5, 5.41) is 6.80. The molecule has 1 atom stereocenters. The number of halogens is 4. The Morgan fingerprint density at radius 1 is 0.625 bits per heavy atom. The normalized spacial score (nSPS) is 13.1. The molecule has 5 heteroatoms. The molecule has 8 rings (SSSR count). The topological polar surface area (TPSA) is 0 Å². The zero-order valence-corrected chi connectivity index (χ0v) is 37.8. The molecule has 0 bridgehead atoms. The summed E-state index contributed by atoms with van der Waals surface area (Å²) >= 11 is 13.1. The molecule has 0 radical (unpaired) electrons. The summed E-state index contributed by atoms with van der Waals surface area (Å²) in [7, 11) is 0. The van der Waals surface area contributed by atoms with Gasteiger partial charge in [0.1, 0.15) is 0 Å². The molecule has 7 aromatic carbocycles. The van der Waals surface area contributed by atoms with Gasteiger partial charge in [0.25, 0.3) is 0 Å². The number of hydrogen-bond acceptors (Lipinski definition) is 0. The largest absolute Gasteiger partial charge is 1.00 e. The van der Waals surface area contributed by atoms with Crippen LogP contribution in [0.25, 0.3) is 43.8 Å². The van der Waals surface area contributed by atoms with Crippen molar-refractivity contribution in [2.45, 2.75) is 47.0 Å². The van der Waals surface area contributed by atoms with Crippen molar-refractivity contribution in [2.24, 2.45) is 11.3 Å². The molecule has 0 spiro atoms. The fourth-order valence-electron chi connectivity index (χ4n) is 6.61. The Balaban J connectivity index is 0.000000196. The maximum Gasteiger partial charge on any atom is -0.0259 e. The number of rotatable bonds is 7. The Labute approximate surface area is 371 Å². The first-order chi connectivity index (χ1) is 26.1. The van der Waals surface area contributed by atoms with Gasteiger partial charge in [-0.05, 0) is 11.1 Å². The number of allylic oxidation sites excluding steroid dienone is 4. The summed E-state index contributed by atoms with van der Waals surface area (Å²) in [5.74, 6) is 0.592. The number of fused-ring (bicyclic) bond motifs is 3. The molecule has 0 saturated heterocycles. The zero-order chi connectivity index (χ0) is 38.1. The first kappa shape index (κ1) is 45.3. The van der Waals surface area contributed by atoms with Gasteiger partial charge in [-0.1, -0.05) is 154 Å². The van der Waals surface area contributed by atoms with Crippen LogP contribution in [0.15, 0.2) is 169 Å². The minimum absolute atomic E-state index is 0. The van der Waals surface area contributed by atoms with Crippen LogP contribution in [0, 0.1) is 17.4 Å². The fourth-order valence-corrected chi connectivity index (χ4v) is 7.68.